The molecule has 11 heteroatoms. The van der Waals surface area contributed by atoms with Gasteiger partial charge in [-0.2, -0.15) is 5.26 Å². The van der Waals surface area contributed by atoms with Crippen molar-refractivity contribution in [3.63, 3.8) is 0 Å². The van der Waals surface area contributed by atoms with Gasteiger partial charge < -0.3 is 15.0 Å². The summed E-state index contributed by atoms with van der Waals surface area (Å²) in [6.07, 6.45) is 4.33. The normalized spacial score (nSPS) is 10.1. The molecule has 0 saturated carbocycles. The van der Waals surface area contributed by atoms with Crippen molar-refractivity contribution in [1.29, 1.82) is 5.26 Å². The van der Waals surface area contributed by atoms with E-state index in [-0.39, 0.29) is 19.0 Å². The molecule has 0 aliphatic heterocycles. The summed E-state index contributed by atoms with van der Waals surface area (Å²) in [5.74, 6) is -0.436. The Labute approximate surface area is 142 Å². The summed E-state index contributed by atoms with van der Waals surface area (Å²) in [4.78, 5) is 37.0. The van der Waals surface area contributed by atoms with Gasteiger partial charge in [0.2, 0.25) is 0 Å². The maximum Gasteiger partial charge on any atom is 0.390 e. The van der Waals surface area contributed by atoms with Gasteiger partial charge in [0.05, 0.1) is 35.5 Å². The smallest absolute Gasteiger partial charge is 0.358 e. The first-order valence-electron chi connectivity index (χ1n) is 7.13. The molecule has 130 valence electrons. The maximum atomic E-state index is 12.3. The molecule has 0 fully saturated rings. The molecular formula is C14H15N7O4. The summed E-state index contributed by atoms with van der Waals surface area (Å²) in [5, 5.41) is 22.8. The Morgan fingerprint density at radius 3 is 2.64 bits per heavy atom. The molecule has 0 aromatic carbocycles. The molecule has 2 aromatic rings. The van der Waals surface area contributed by atoms with Crippen LogP contribution in [0.1, 0.15) is 6.42 Å². The van der Waals surface area contributed by atoms with Gasteiger partial charge in [-0.25, -0.2) is 9.59 Å². The van der Waals surface area contributed by atoms with Gasteiger partial charge in [-0.05, 0) is 11.0 Å². The van der Waals surface area contributed by atoms with Gasteiger partial charge in [0.15, 0.2) is 0 Å². The Hall–Kier alpha value is -3.68. The molecule has 11 nitrogen and oxygen atoms in total. The third kappa shape index (κ3) is 3.81. The van der Waals surface area contributed by atoms with Crippen molar-refractivity contribution in [2.45, 2.75) is 6.42 Å². The molecule has 2 amide bonds. The molecule has 0 aliphatic carbocycles. The first kappa shape index (κ1) is 17.7. The lowest BCUT2D eigenvalue weighted by molar-refractivity contribution is -0.389. The molecule has 2 aromatic heterocycles. The zero-order valence-electron chi connectivity index (χ0n) is 13.6. The van der Waals surface area contributed by atoms with Crippen LogP contribution in [0.2, 0.25) is 0 Å². The second-order valence-electron chi connectivity index (χ2n) is 5.11. The highest BCUT2D eigenvalue weighted by atomic mass is 16.6. The van der Waals surface area contributed by atoms with Gasteiger partial charge in [-0.1, -0.05) is 4.68 Å². The van der Waals surface area contributed by atoms with E-state index in [0.29, 0.717) is 5.69 Å². The van der Waals surface area contributed by atoms with Gasteiger partial charge in [-0.15, -0.1) is 0 Å². The van der Waals surface area contributed by atoms with Crippen molar-refractivity contribution >= 4 is 23.6 Å². The zero-order chi connectivity index (χ0) is 18.6. The summed E-state index contributed by atoms with van der Waals surface area (Å²) in [6.45, 7) is 0.286. The summed E-state index contributed by atoms with van der Waals surface area (Å²) >= 11 is 0. The zero-order valence-corrected chi connectivity index (χ0v) is 13.6. The highest BCUT2D eigenvalue weighted by Gasteiger charge is 2.22. The maximum absolute atomic E-state index is 12.3. The fourth-order valence-electron chi connectivity index (χ4n) is 2.00. The lowest BCUT2D eigenvalue weighted by Crippen LogP contribution is -2.32. The number of nitrogens with zero attached hydrogens (tertiary/aromatic N) is 7. The quantitative estimate of drug-likeness (QED) is 0.610. The van der Waals surface area contributed by atoms with E-state index in [4.69, 9.17) is 5.26 Å². The molecule has 0 atom stereocenters. The second-order valence-corrected chi connectivity index (χ2v) is 5.11. The number of anilines is 1. The topological polar surface area (TPSA) is 130 Å². The number of aromatic nitrogens is 3. The molecule has 0 saturated heterocycles. The van der Waals surface area contributed by atoms with Crippen LogP contribution in [-0.4, -0.2) is 56.9 Å². The average Bonchev–Trinajstić information content (AvgIpc) is 3.26. The predicted molar refractivity (Wildman–Crippen MR) is 86.2 cm³/mol. The third-order valence-electron chi connectivity index (χ3n) is 3.42. The Balaban J connectivity index is 2.12. The van der Waals surface area contributed by atoms with Gasteiger partial charge in [-0.3, -0.25) is 9.47 Å². The predicted octanol–water partition coefficient (Wildman–Crippen LogP) is 1.51. The summed E-state index contributed by atoms with van der Waals surface area (Å²) in [7, 11) is 3.02. The SMILES string of the molecule is CN(CCC#N)C(=O)n1ccc(N(C)C(=O)n2ccc([N+](=O)[O-])n2)c1. The van der Waals surface area contributed by atoms with Crippen molar-refractivity contribution in [2.24, 2.45) is 0 Å². The summed E-state index contributed by atoms with van der Waals surface area (Å²) in [5.41, 5.74) is 0.408. The number of carbonyl (C=O) groups is 2. The number of nitro groups is 1. The van der Waals surface area contributed by atoms with Crippen molar-refractivity contribution in [3.8, 4) is 6.07 Å². The molecule has 25 heavy (non-hydrogen) atoms. The highest BCUT2D eigenvalue weighted by molar-refractivity contribution is 5.93. The number of hydrogen-bond donors (Lipinski definition) is 0. The number of rotatable bonds is 4. The molecule has 0 radical (unpaired) electrons. The second kappa shape index (κ2) is 7.26. The summed E-state index contributed by atoms with van der Waals surface area (Å²) in [6, 6.07) is 3.66. The van der Waals surface area contributed by atoms with E-state index in [1.54, 1.807) is 13.1 Å². The van der Waals surface area contributed by atoms with Gasteiger partial charge in [0.25, 0.3) is 0 Å². The van der Waals surface area contributed by atoms with Crippen LogP contribution in [0.3, 0.4) is 0 Å². The minimum atomic E-state index is -0.698. The largest absolute Gasteiger partial charge is 0.390 e. The molecule has 0 unspecified atom stereocenters. The molecule has 0 N–H and O–H groups in total. The standard InChI is InChI=1S/C14H15N7O4/c1-17(7-3-6-15)13(22)19-8-4-11(10-19)18(2)14(23)20-9-5-12(16-20)21(24)25/h4-5,8-10H,3,7H2,1-2H3. The number of nitriles is 1. The molecule has 0 aliphatic rings. The van der Waals surface area contributed by atoms with Crippen LogP contribution in [0.5, 0.6) is 0 Å². The first-order chi connectivity index (χ1) is 11.8. The van der Waals surface area contributed by atoms with Gasteiger partial charge in [0, 0.05) is 33.0 Å². The van der Waals surface area contributed by atoms with Crippen molar-refractivity contribution in [3.05, 3.63) is 40.8 Å². The Morgan fingerprint density at radius 2 is 2.04 bits per heavy atom. The number of amides is 2. The Kier molecular flexibility index (Phi) is 5.13. The van der Waals surface area contributed by atoms with E-state index >= 15 is 0 Å². The first-order valence-corrected chi connectivity index (χ1v) is 7.13. The Bertz CT molecular complexity index is 847. The van der Waals surface area contributed by atoms with Crippen LogP contribution in [-0.2, 0) is 0 Å². The molecule has 0 spiro atoms. The average molecular weight is 345 g/mol. The lowest BCUT2D eigenvalue weighted by Gasteiger charge is -2.16. The van der Waals surface area contributed by atoms with Crippen LogP contribution >= 0.6 is 0 Å². The monoisotopic (exact) mass is 345 g/mol. The Morgan fingerprint density at radius 1 is 1.32 bits per heavy atom. The van der Waals surface area contributed by atoms with E-state index in [1.807, 2.05) is 6.07 Å². The van der Waals surface area contributed by atoms with Crippen LogP contribution < -0.4 is 4.90 Å². The highest BCUT2D eigenvalue weighted by Crippen LogP contribution is 2.16. The number of hydrogen-bond acceptors (Lipinski definition) is 6. The van der Waals surface area contributed by atoms with Crippen molar-refractivity contribution in [1.82, 2.24) is 19.2 Å². The van der Waals surface area contributed by atoms with E-state index in [1.165, 1.54) is 40.0 Å². The minimum Gasteiger partial charge on any atom is -0.358 e. The van der Waals surface area contributed by atoms with Crippen molar-refractivity contribution in [2.75, 3.05) is 25.5 Å². The van der Waals surface area contributed by atoms with E-state index < -0.39 is 16.8 Å². The van der Waals surface area contributed by atoms with Crippen LogP contribution in [0, 0.1) is 21.4 Å². The fourth-order valence-corrected chi connectivity index (χ4v) is 2.00. The van der Waals surface area contributed by atoms with E-state index in [2.05, 4.69) is 5.10 Å². The number of carbonyl (C=O) groups excluding carboxylic acids is 2. The van der Waals surface area contributed by atoms with Gasteiger partial charge in [0.1, 0.15) is 0 Å². The molecular weight excluding hydrogens is 330 g/mol. The molecule has 2 rings (SSSR count). The van der Waals surface area contributed by atoms with E-state index in [0.717, 1.165) is 10.7 Å². The van der Waals surface area contributed by atoms with E-state index in [9.17, 15) is 19.7 Å². The fraction of sp³-hybridized carbons (Fsp3) is 0.286. The van der Waals surface area contributed by atoms with Crippen molar-refractivity contribution < 1.29 is 14.5 Å². The van der Waals surface area contributed by atoms with Crippen LogP contribution in [0.15, 0.2) is 30.7 Å². The van der Waals surface area contributed by atoms with Gasteiger partial charge >= 0.3 is 17.9 Å². The van der Waals surface area contributed by atoms with Crippen LogP contribution in [0.25, 0.3) is 0 Å². The summed E-state index contributed by atoms with van der Waals surface area (Å²) < 4.78 is 2.12. The lowest BCUT2D eigenvalue weighted by atomic mass is 10.4. The molecule has 2 heterocycles. The minimum absolute atomic E-state index is 0.215. The third-order valence-corrected chi connectivity index (χ3v) is 3.42. The van der Waals surface area contributed by atoms with Crippen LogP contribution in [0.4, 0.5) is 21.1 Å². The molecule has 0 bridgehead atoms.